The van der Waals surface area contributed by atoms with Gasteiger partial charge in [0.15, 0.2) is 0 Å². The predicted octanol–water partition coefficient (Wildman–Crippen LogP) is 5.35. The van der Waals surface area contributed by atoms with Gasteiger partial charge in [0.05, 0.1) is 36.0 Å². The average molecular weight is 492 g/mol. The molecule has 2 aromatic heterocycles. The van der Waals surface area contributed by atoms with E-state index in [1.54, 1.807) is 7.11 Å². The van der Waals surface area contributed by atoms with Crippen molar-refractivity contribution < 1.29 is 14.6 Å². The lowest BCUT2D eigenvalue weighted by molar-refractivity contribution is 0.0810. The van der Waals surface area contributed by atoms with Crippen LogP contribution in [0.25, 0.3) is 33.1 Å². The van der Waals surface area contributed by atoms with Gasteiger partial charge in [0.1, 0.15) is 5.75 Å². The first-order valence-electron chi connectivity index (χ1n) is 12.6. The van der Waals surface area contributed by atoms with Crippen LogP contribution in [0.2, 0.25) is 0 Å². The number of H-pyrrole nitrogens is 1. The minimum Gasteiger partial charge on any atom is -0.497 e. The first-order valence-corrected chi connectivity index (χ1v) is 12.6. The third kappa shape index (κ3) is 4.03. The summed E-state index contributed by atoms with van der Waals surface area (Å²) in [7, 11) is 1.61. The number of ether oxygens (including phenoxy) is 1. The molecule has 1 unspecified atom stereocenters. The topological polar surface area (TPSA) is 87.2 Å². The van der Waals surface area contributed by atoms with E-state index in [-0.39, 0.29) is 12.5 Å². The first kappa shape index (κ1) is 23.3. The van der Waals surface area contributed by atoms with Gasteiger partial charge in [-0.3, -0.25) is 4.79 Å². The van der Waals surface area contributed by atoms with Crippen LogP contribution in [0.1, 0.15) is 33.6 Å². The number of carbonyl (C=O) groups is 1. The van der Waals surface area contributed by atoms with Gasteiger partial charge in [-0.2, -0.15) is 0 Å². The molecule has 2 heterocycles. The number of hydrogen-bond donors (Lipinski definition) is 3. The number of nitrogens with zero attached hydrogens (tertiary/aromatic N) is 1. The van der Waals surface area contributed by atoms with Gasteiger partial charge in [0.25, 0.3) is 5.91 Å². The highest BCUT2D eigenvalue weighted by atomic mass is 16.5. The molecule has 6 heteroatoms. The van der Waals surface area contributed by atoms with E-state index in [9.17, 15) is 9.90 Å². The van der Waals surface area contributed by atoms with E-state index in [0.717, 1.165) is 28.6 Å². The molecule has 5 aromatic rings. The summed E-state index contributed by atoms with van der Waals surface area (Å²) >= 11 is 0. The molecule has 186 valence electrons. The summed E-state index contributed by atoms with van der Waals surface area (Å²) in [6.45, 7) is 1.95. The molecular weight excluding hydrogens is 462 g/mol. The number of aliphatic hydroxyl groups is 1. The Bertz CT molecular complexity index is 1640. The van der Waals surface area contributed by atoms with Gasteiger partial charge in [0, 0.05) is 34.0 Å². The zero-order chi connectivity index (χ0) is 25.6. The van der Waals surface area contributed by atoms with Crippen molar-refractivity contribution in [1.82, 2.24) is 15.3 Å². The fraction of sp³-hybridized carbons (Fsp3) is 0.226. The Hall–Kier alpha value is -4.16. The van der Waals surface area contributed by atoms with Gasteiger partial charge in [-0.1, -0.05) is 48.5 Å². The Morgan fingerprint density at radius 2 is 1.92 bits per heavy atom. The fourth-order valence-corrected chi connectivity index (χ4v) is 5.55. The van der Waals surface area contributed by atoms with Crippen molar-refractivity contribution in [2.45, 2.75) is 31.7 Å². The Kier molecular flexibility index (Phi) is 5.69. The Morgan fingerprint density at radius 3 is 2.70 bits per heavy atom. The highest BCUT2D eigenvalue weighted by Crippen LogP contribution is 2.36. The molecule has 0 radical (unpaired) electrons. The molecule has 0 saturated heterocycles. The van der Waals surface area contributed by atoms with E-state index in [1.807, 2.05) is 54.6 Å². The minimum absolute atomic E-state index is 0.144. The van der Waals surface area contributed by atoms with E-state index >= 15 is 0 Å². The van der Waals surface area contributed by atoms with Crippen molar-refractivity contribution in [3.05, 3.63) is 95.2 Å². The summed E-state index contributed by atoms with van der Waals surface area (Å²) < 4.78 is 5.44. The summed E-state index contributed by atoms with van der Waals surface area (Å²) in [6.07, 6.45) is 1.96. The molecule has 0 saturated carbocycles. The van der Waals surface area contributed by atoms with E-state index in [0.29, 0.717) is 35.1 Å². The molecule has 3 aromatic carbocycles. The van der Waals surface area contributed by atoms with Gasteiger partial charge >= 0.3 is 0 Å². The summed E-state index contributed by atoms with van der Waals surface area (Å²) in [6, 6.07) is 23.5. The highest BCUT2D eigenvalue weighted by molar-refractivity contribution is 6.08. The standard InChI is InChI=1S/C31H29N3O3/c1-19-7-6-10-22-25-17-31(18-35,14-13-27(25)33-29(19)22)34-30(36)24-16-28(20-8-4-3-5-9-20)32-26-12-11-21(37-2)15-23(24)26/h3-12,15-16,33,35H,13-14,17-18H2,1-2H3,(H,34,36). The van der Waals surface area contributed by atoms with E-state index < -0.39 is 5.54 Å². The summed E-state index contributed by atoms with van der Waals surface area (Å²) in [5.74, 6) is 0.426. The predicted molar refractivity (Wildman–Crippen MR) is 146 cm³/mol. The fourth-order valence-electron chi connectivity index (χ4n) is 5.55. The number of para-hydroxylation sites is 1. The number of pyridine rings is 1. The van der Waals surface area contributed by atoms with Crippen molar-refractivity contribution in [1.29, 1.82) is 0 Å². The zero-order valence-electron chi connectivity index (χ0n) is 21.0. The molecule has 0 spiro atoms. The summed E-state index contributed by atoms with van der Waals surface area (Å²) in [5, 5.41) is 15.7. The van der Waals surface area contributed by atoms with Crippen LogP contribution < -0.4 is 10.1 Å². The Morgan fingerprint density at radius 1 is 1.08 bits per heavy atom. The van der Waals surface area contributed by atoms with Gasteiger partial charge in [0.2, 0.25) is 0 Å². The Balaban J connectivity index is 1.41. The number of nitrogens with one attached hydrogen (secondary N) is 2. The van der Waals surface area contributed by atoms with Crippen LogP contribution in [0, 0.1) is 6.92 Å². The van der Waals surface area contributed by atoms with Crippen LogP contribution in [0.15, 0.2) is 72.8 Å². The van der Waals surface area contributed by atoms with Crippen molar-refractivity contribution in [2.24, 2.45) is 0 Å². The monoisotopic (exact) mass is 491 g/mol. The van der Waals surface area contributed by atoms with Crippen molar-refractivity contribution in [3.8, 4) is 17.0 Å². The Labute approximate surface area is 215 Å². The number of aliphatic hydroxyl groups excluding tert-OH is 1. The quantitative estimate of drug-likeness (QED) is 0.309. The van der Waals surface area contributed by atoms with Crippen LogP contribution >= 0.6 is 0 Å². The number of aromatic amines is 1. The summed E-state index contributed by atoms with van der Waals surface area (Å²) in [4.78, 5) is 22.3. The van der Waals surface area contributed by atoms with Gasteiger partial charge in [-0.25, -0.2) is 4.98 Å². The smallest absolute Gasteiger partial charge is 0.252 e. The van der Waals surface area contributed by atoms with Gasteiger partial charge < -0.3 is 20.1 Å². The molecule has 1 aliphatic rings. The van der Waals surface area contributed by atoms with Crippen molar-refractivity contribution >= 4 is 27.7 Å². The molecule has 1 aliphatic carbocycles. The minimum atomic E-state index is -0.760. The number of amides is 1. The normalized spacial score (nSPS) is 17.1. The van der Waals surface area contributed by atoms with Crippen LogP contribution in [0.4, 0.5) is 0 Å². The van der Waals surface area contributed by atoms with Crippen molar-refractivity contribution in [2.75, 3.05) is 13.7 Å². The number of carbonyl (C=O) groups excluding carboxylic acids is 1. The summed E-state index contributed by atoms with van der Waals surface area (Å²) in [5.41, 5.74) is 6.80. The number of benzene rings is 3. The second kappa shape index (κ2) is 9.05. The lowest BCUT2D eigenvalue weighted by Gasteiger charge is -2.36. The molecule has 0 fully saturated rings. The van der Waals surface area contributed by atoms with Crippen LogP contribution in [-0.4, -0.2) is 40.2 Å². The second-order valence-electron chi connectivity index (χ2n) is 9.95. The number of aryl methyl sites for hydroxylation is 2. The largest absolute Gasteiger partial charge is 0.497 e. The van der Waals surface area contributed by atoms with E-state index in [1.165, 1.54) is 16.8 Å². The first-order chi connectivity index (χ1) is 18.0. The maximum Gasteiger partial charge on any atom is 0.252 e. The zero-order valence-corrected chi connectivity index (χ0v) is 21.0. The maximum atomic E-state index is 13.9. The average Bonchev–Trinajstić information content (AvgIpc) is 3.31. The third-order valence-electron chi connectivity index (χ3n) is 7.62. The van der Waals surface area contributed by atoms with Gasteiger partial charge in [-0.05, 0) is 55.2 Å². The van der Waals surface area contributed by atoms with Crippen molar-refractivity contribution in [3.63, 3.8) is 0 Å². The van der Waals surface area contributed by atoms with E-state index in [2.05, 4.69) is 35.4 Å². The molecule has 3 N–H and O–H groups in total. The molecule has 0 aliphatic heterocycles. The van der Waals surface area contributed by atoms with E-state index in [4.69, 9.17) is 9.72 Å². The molecule has 0 bridgehead atoms. The molecule has 6 rings (SSSR count). The van der Waals surface area contributed by atoms with Crippen LogP contribution in [0.3, 0.4) is 0 Å². The molecular formula is C31H29N3O3. The third-order valence-corrected chi connectivity index (χ3v) is 7.62. The lowest BCUT2D eigenvalue weighted by atomic mass is 9.80. The number of fused-ring (bicyclic) bond motifs is 4. The molecule has 6 nitrogen and oxygen atoms in total. The number of aromatic nitrogens is 2. The molecule has 1 atom stereocenters. The number of methoxy groups -OCH3 is 1. The van der Waals surface area contributed by atoms with Crippen LogP contribution in [0.5, 0.6) is 5.75 Å². The lowest BCUT2D eigenvalue weighted by Crippen LogP contribution is -2.54. The van der Waals surface area contributed by atoms with Crippen LogP contribution in [-0.2, 0) is 12.8 Å². The van der Waals surface area contributed by atoms with Gasteiger partial charge in [-0.15, -0.1) is 0 Å². The molecule has 37 heavy (non-hydrogen) atoms. The SMILES string of the molecule is COc1ccc2nc(-c3ccccc3)cc(C(=O)NC3(CO)CCc4[nH]c5c(C)cccc5c4C3)c2c1. The number of hydrogen-bond acceptors (Lipinski definition) is 4. The second-order valence-corrected chi connectivity index (χ2v) is 9.95. The highest BCUT2D eigenvalue weighted by Gasteiger charge is 2.37. The molecule has 1 amide bonds. The number of rotatable bonds is 5. The maximum absolute atomic E-state index is 13.9.